The van der Waals surface area contributed by atoms with Crippen LogP contribution in [-0.2, 0) is 11.2 Å². The van der Waals surface area contributed by atoms with Gasteiger partial charge in [-0.15, -0.1) is 0 Å². The summed E-state index contributed by atoms with van der Waals surface area (Å²) in [7, 11) is 1.56. The van der Waals surface area contributed by atoms with Crippen LogP contribution in [0.5, 0.6) is 17.2 Å². The summed E-state index contributed by atoms with van der Waals surface area (Å²) in [4.78, 5) is 24.0. The Kier molecular flexibility index (Phi) is 6.26. The first kappa shape index (κ1) is 20.5. The van der Waals surface area contributed by atoms with Crippen molar-refractivity contribution in [3.63, 3.8) is 0 Å². The van der Waals surface area contributed by atoms with Gasteiger partial charge in [0.2, 0.25) is 5.91 Å². The number of nitrogens with one attached hydrogen (secondary N) is 2. The fourth-order valence-corrected chi connectivity index (χ4v) is 3.12. The third kappa shape index (κ3) is 5.40. The fourth-order valence-electron chi connectivity index (χ4n) is 3.12. The van der Waals surface area contributed by atoms with Crippen molar-refractivity contribution in [3.05, 3.63) is 53.6 Å². The topological polar surface area (TPSA) is 85.9 Å². The van der Waals surface area contributed by atoms with Crippen LogP contribution in [0.4, 0.5) is 0 Å². The molecular formula is C22H26N2O5. The predicted octanol–water partition coefficient (Wildman–Crippen LogP) is 2.33. The fraction of sp³-hybridized carbons (Fsp3) is 0.364. The Labute approximate surface area is 170 Å². The highest BCUT2D eigenvalue weighted by Gasteiger charge is 2.32. The van der Waals surface area contributed by atoms with Crippen LogP contribution in [0.3, 0.4) is 0 Å². The van der Waals surface area contributed by atoms with E-state index in [9.17, 15) is 9.59 Å². The van der Waals surface area contributed by atoms with Gasteiger partial charge in [-0.25, -0.2) is 0 Å². The molecule has 1 aliphatic heterocycles. The first-order valence-electron chi connectivity index (χ1n) is 9.50. The van der Waals surface area contributed by atoms with Crippen molar-refractivity contribution >= 4 is 11.8 Å². The highest BCUT2D eigenvalue weighted by molar-refractivity contribution is 5.96. The van der Waals surface area contributed by atoms with Gasteiger partial charge in [0.15, 0.2) is 11.5 Å². The number of hydrogen-bond acceptors (Lipinski definition) is 5. The van der Waals surface area contributed by atoms with Crippen LogP contribution in [0.2, 0.25) is 0 Å². The molecule has 0 aromatic heterocycles. The molecule has 2 N–H and O–H groups in total. The van der Waals surface area contributed by atoms with Gasteiger partial charge < -0.3 is 24.8 Å². The summed E-state index contributed by atoms with van der Waals surface area (Å²) >= 11 is 0. The van der Waals surface area contributed by atoms with E-state index >= 15 is 0 Å². The lowest BCUT2D eigenvalue weighted by Gasteiger charge is -2.18. The normalized spacial score (nSPS) is 13.8. The SMILES string of the molecule is COc1ccc(C(=O)NCC(=O)NCCOc2cccc3c2OC(C)(C)C3)cc1. The number of hydrogen-bond donors (Lipinski definition) is 2. The number of carbonyl (C=O) groups is 2. The standard InChI is InChI=1S/C22H26N2O5/c1-22(2)13-16-5-4-6-18(20(16)29-22)28-12-11-23-19(25)14-24-21(26)15-7-9-17(27-3)10-8-15/h4-10H,11-14H2,1-3H3,(H,23,25)(H,24,26). The number of para-hydroxylation sites is 1. The van der Waals surface area contributed by atoms with Crippen molar-refractivity contribution in [3.8, 4) is 17.2 Å². The summed E-state index contributed by atoms with van der Waals surface area (Å²) in [6, 6.07) is 12.5. The third-order valence-corrected chi connectivity index (χ3v) is 4.50. The Morgan fingerprint density at radius 2 is 1.86 bits per heavy atom. The minimum atomic E-state index is -0.321. The van der Waals surface area contributed by atoms with Gasteiger partial charge in [0.1, 0.15) is 18.0 Å². The van der Waals surface area contributed by atoms with Crippen molar-refractivity contribution in [2.75, 3.05) is 26.8 Å². The van der Waals surface area contributed by atoms with Gasteiger partial charge in [0.25, 0.3) is 5.91 Å². The monoisotopic (exact) mass is 398 g/mol. The van der Waals surface area contributed by atoms with Crippen LogP contribution in [0.15, 0.2) is 42.5 Å². The number of amides is 2. The molecule has 0 spiro atoms. The molecule has 1 aliphatic rings. The maximum Gasteiger partial charge on any atom is 0.251 e. The number of methoxy groups -OCH3 is 1. The average molecular weight is 398 g/mol. The summed E-state index contributed by atoms with van der Waals surface area (Å²) in [5.74, 6) is 1.51. The van der Waals surface area contributed by atoms with Crippen molar-refractivity contribution in [2.45, 2.75) is 25.9 Å². The Hall–Kier alpha value is -3.22. The van der Waals surface area contributed by atoms with Crippen molar-refractivity contribution in [2.24, 2.45) is 0 Å². The number of ether oxygens (including phenoxy) is 3. The molecule has 0 fully saturated rings. The molecule has 7 nitrogen and oxygen atoms in total. The lowest BCUT2D eigenvalue weighted by molar-refractivity contribution is -0.120. The summed E-state index contributed by atoms with van der Waals surface area (Å²) in [5, 5.41) is 5.31. The van der Waals surface area contributed by atoms with Crippen LogP contribution >= 0.6 is 0 Å². The average Bonchev–Trinajstić information content (AvgIpc) is 3.04. The lowest BCUT2D eigenvalue weighted by Crippen LogP contribution is -2.38. The van der Waals surface area contributed by atoms with Gasteiger partial charge in [0, 0.05) is 17.5 Å². The van der Waals surface area contributed by atoms with Crippen LogP contribution in [0, 0.1) is 0 Å². The minimum Gasteiger partial charge on any atom is -0.497 e. The zero-order chi connectivity index (χ0) is 20.9. The second-order valence-electron chi connectivity index (χ2n) is 7.39. The molecule has 29 heavy (non-hydrogen) atoms. The number of fused-ring (bicyclic) bond motifs is 1. The quantitative estimate of drug-likeness (QED) is 0.667. The number of benzene rings is 2. The van der Waals surface area contributed by atoms with Gasteiger partial charge in [-0.3, -0.25) is 9.59 Å². The summed E-state index contributed by atoms with van der Waals surface area (Å²) < 4.78 is 16.8. The van der Waals surface area contributed by atoms with Gasteiger partial charge in [-0.2, -0.15) is 0 Å². The highest BCUT2D eigenvalue weighted by atomic mass is 16.5. The Bertz CT molecular complexity index is 877. The van der Waals surface area contributed by atoms with E-state index in [0.717, 1.165) is 17.7 Å². The number of carbonyl (C=O) groups excluding carboxylic acids is 2. The molecule has 0 unspecified atom stereocenters. The Morgan fingerprint density at radius 1 is 1.10 bits per heavy atom. The van der Waals surface area contributed by atoms with E-state index in [1.807, 2.05) is 32.0 Å². The maximum atomic E-state index is 12.1. The molecule has 1 heterocycles. The summed E-state index contributed by atoms with van der Waals surface area (Å²) in [6.45, 7) is 4.60. The molecule has 2 aromatic rings. The van der Waals surface area contributed by atoms with E-state index in [4.69, 9.17) is 14.2 Å². The van der Waals surface area contributed by atoms with E-state index in [1.54, 1.807) is 31.4 Å². The Morgan fingerprint density at radius 3 is 2.59 bits per heavy atom. The smallest absolute Gasteiger partial charge is 0.251 e. The maximum absolute atomic E-state index is 12.1. The van der Waals surface area contributed by atoms with Crippen molar-refractivity contribution < 1.29 is 23.8 Å². The minimum absolute atomic E-state index is 0.108. The van der Waals surface area contributed by atoms with Gasteiger partial charge in [-0.05, 0) is 44.2 Å². The molecule has 3 rings (SSSR count). The third-order valence-electron chi connectivity index (χ3n) is 4.50. The molecule has 7 heteroatoms. The lowest BCUT2D eigenvalue weighted by atomic mass is 10.0. The predicted molar refractivity (Wildman–Crippen MR) is 109 cm³/mol. The molecule has 2 amide bonds. The van der Waals surface area contributed by atoms with Crippen LogP contribution in [0.1, 0.15) is 29.8 Å². The molecule has 0 saturated carbocycles. The van der Waals surface area contributed by atoms with E-state index < -0.39 is 0 Å². The van der Waals surface area contributed by atoms with E-state index in [2.05, 4.69) is 10.6 Å². The molecule has 2 aromatic carbocycles. The zero-order valence-corrected chi connectivity index (χ0v) is 16.9. The molecule has 0 bridgehead atoms. The number of rotatable bonds is 8. The van der Waals surface area contributed by atoms with E-state index in [1.165, 1.54) is 0 Å². The van der Waals surface area contributed by atoms with Gasteiger partial charge >= 0.3 is 0 Å². The summed E-state index contributed by atoms with van der Waals surface area (Å²) in [5.41, 5.74) is 1.35. The molecule has 154 valence electrons. The highest BCUT2D eigenvalue weighted by Crippen LogP contribution is 2.41. The van der Waals surface area contributed by atoms with Crippen LogP contribution in [0.25, 0.3) is 0 Å². The molecule has 0 atom stereocenters. The molecule has 0 aliphatic carbocycles. The van der Waals surface area contributed by atoms with Gasteiger partial charge in [0.05, 0.1) is 20.2 Å². The van der Waals surface area contributed by atoms with Gasteiger partial charge in [-0.1, -0.05) is 12.1 Å². The summed E-state index contributed by atoms with van der Waals surface area (Å²) in [6.07, 6.45) is 0.837. The van der Waals surface area contributed by atoms with Crippen molar-refractivity contribution in [1.82, 2.24) is 10.6 Å². The van der Waals surface area contributed by atoms with E-state index in [-0.39, 0.29) is 24.0 Å². The first-order chi connectivity index (χ1) is 13.9. The first-order valence-corrected chi connectivity index (χ1v) is 9.50. The second kappa shape index (κ2) is 8.86. The van der Waals surface area contributed by atoms with Crippen molar-refractivity contribution in [1.29, 1.82) is 0 Å². The Balaban J connectivity index is 1.39. The second-order valence-corrected chi connectivity index (χ2v) is 7.39. The van der Waals surface area contributed by atoms with E-state index in [0.29, 0.717) is 30.2 Å². The largest absolute Gasteiger partial charge is 0.497 e. The zero-order valence-electron chi connectivity index (χ0n) is 16.9. The molecule has 0 saturated heterocycles. The molecular weight excluding hydrogens is 372 g/mol. The van der Waals surface area contributed by atoms with Crippen LogP contribution in [-0.4, -0.2) is 44.2 Å². The van der Waals surface area contributed by atoms with Crippen LogP contribution < -0.4 is 24.8 Å². The molecule has 0 radical (unpaired) electrons.